The summed E-state index contributed by atoms with van der Waals surface area (Å²) in [5, 5.41) is 2.58. The summed E-state index contributed by atoms with van der Waals surface area (Å²) < 4.78 is 0. The van der Waals surface area contributed by atoms with Crippen molar-refractivity contribution in [3.63, 3.8) is 0 Å². The van der Waals surface area contributed by atoms with Crippen LogP contribution >= 0.6 is 11.3 Å². The minimum absolute atomic E-state index is 0.329. The highest BCUT2D eigenvalue weighted by Crippen LogP contribution is 2.21. The maximum absolute atomic E-state index is 11.2. The third kappa shape index (κ3) is 4.03. The number of carbonyl (C=O) groups is 1. The van der Waals surface area contributed by atoms with Crippen LogP contribution in [0.1, 0.15) is 43.4 Å². The first-order valence-corrected chi connectivity index (χ1v) is 8.85. The first kappa shape index (κ1) is 17.1. The molecular weight excluding hydrogens is 332 g/mol. The average molecular weight is 352 g/mol. The maximum atomic E-state index is 11.2. The molecule has 0 bridgehead atoms. The molecule has 0 unspecified atom stereocenters. The number of primary amides is 1. The van der Waals surface area contributed by atoms with Crippen LogP contribution in [0, 0.1) is 13.8 Å². The van der Waals surface area contributed by atoms with Gasteiger partial charge in [0.1, 0.15) is 11.5 Å². The monoisotopic (exact) mass is 352 g/mol. The summed E-state index contributed by atoms with van der Waals surface area (Å²) in [6.07, 6.45) is 1.49. The zero-order chi connectivity index (χ0) is 18.0. The van der Waals surface area contributed by atoms with Gasteiger partial charge in [-0.3, -0.25) is 4.79 Å². The van der Waals surface area contributed by atoms with E-state index >= 15 is 0 Å². The average Bonchev–Trinajstić information content (AvgIpc) is 3.00. The van der Waals surface area contributed by atoms with E-state index in [1.54, 1.807) is 5.38 Å². The van der Waals surface area contributed by atoms with E-state index in [0.29, 0.717) is 17.9 Å². The fourth-order valence-electron chi connectivity index (χ4n) is 2.89. The summed E-state index contributed by atoms with van der Waals surface area (Å²) in [6, 6.07) is 10.3. The normalized spacial score (nSPS) is 10.8. The Labute approximate surface area is 150 Å². The number of aryl methyl sites for hydroxylation is 2. The van der Waals surface area contributed by atoms with Crippen molar-refractivity contribution in [2.24, 2.45) is 5.73 Å². The van der Waals surface area contributed by atoms with Gasteiger partial charge in [0.15, 0.2) is 0 Å². The van der Waals surface area contributed by atoms with Gasteiger partial charge in [0, 0.05) is 17.5 Å². The van der Waals surface area contributed by atoms with Crippen molar-refractivity contribution in [3.8, 4) is 0 Å². The van der Waals surface area contributed by atoms with E-state index in [-0.39, 0.29) is 0 Å². The molecule has 0 aliphatic rings. The van der Waals surface area contributed by atoms with Gasteiger partial charge in [-0.25, -0.2) is 9.97 Å². The van der Waals surface area contributed by atoms with E-state index in [4.69, 9.17) is 11.5 Å². The molecular formula is C19H20N4OS. The van der Waals surface area contributed by atoms with E-state index < -0.39 is 5.91 Å². The number of carbonyl (C=O) groups excluding carboxylic acids is 1. The number of nitrogens with two attached hydrogens (primary N) is 2. The number of rotatable bonds is 5. The zero-order valence-electron chi connectivity index (χ0n) is 14.2. The van der Waals surface area contributed by atoms with Gasteiger partial charge in [-0.1, -0.05) is 24.3 Å². The van der Waals surface area contributed by atoms with Crippen LogP contribution in [0.5, 0.6) is 0 Å². The van der Waals surface area contributed by atoms with E-state index in [1.165, 1.54) is 22.5 Å². The number of aromatic nitrogens is 2. The van der Waals surface area contributed by atoms with Gasteiger partial charge in [0.25, 0.3) is 5.91 Å². The van der Waals surface area contributed by atoms with E-state index in [0.717, 1.165) is 28.2 Å². The maximum Gasteiger partial charge on any atom is 0.268 e. The Hall–Kier alpha value is -2.73. The van der Waals surface area contributed by atoms with Gasteiger partial charge in [-0.05, 0) is 48.6 Å². The Balaban J connectivity index is 1.81. The summed E-state index contributed by atoms with van der Waals surface area (Å²) >= 11 is 1.45. The molecule has 4 N–H and O–H groups in total. The Morgan fingerprint density at radius 3 is 2.48 bits per heavy atom. The zero-order valence-corrected chi connectivity index (χ0v) is 15.1. The minimum atomic E-state index is -0.488. The van der Waals surface area contributed by atoms with Crippen molar-refractivity contribution in [1.29, 1.82) is 0 Å². The number of thiazole rings is 1. The number of anilines is 1. The fraction of sp³-hybridized carbons (Fsp3) is 0.211. The van der Waals surface area contributed by atoms with Crippen molar-refractivity contribution in [2.45, 2.75) is 26.7 Å². The number of nitrogens with zero attached hydrogens (tertiary/aromatic N) is 2. The Morgan fingerprint density at radius 1 is 1.12 bits per heavy atom. The van der Waals surface area contributed by atoms with Crippen LogP contribution in [-0.2, 0) is 12.8 Å². The third-order valence-electron chi connectivity index (χ3n) is 4.11. The Morgan fingerprint density at radius 2 is 1.84 bits per heavy atom. The largest absolute Gasteiger partial charge is 0.384 e. The second kappa shape index (κ2) is 7.03. The molecule has 3 rings (SSSR count). The Bertz CT molecular complexity index is 910. The SMILES string of the molecule is Cc1cc(N)nc(C)c1Cc1cccc(Cc2nc(C(N)=O)cs2)c1. The summed E-state index contributed by atoms with van der Waals surface area (Å²) in [5.41, 5.74) is 17.1. The van der Waals surface area contributed by atoms with E-state index in [1.807, 2.05) is 19.1 Å². The summed E-state index contributed by atoms with van der Waals surface area (Å²) in [6.45, 7) is 4.05. The smallest absolute Gasteiger partial charge is 0.268 e. The Kier molecular flexibility index (Phi) is 4.81. The molecule has 3 aromatic rings. The number of nitrogen functional groups attached to an aromatic ring is 1. The molecule has 2 heterocycles. The lowest BCUT2D eigenvalue weighted by Gasteiger charge is -2.11. The van der Waals surface area contributed by atoms with Gasteiger partial charge in [-0.15, -0.1) is 11.3 Å². The topological polar surface area (TPSA) is 94.9 Å². The lowest BCUT2D eigenvalue weighted by molar-refractivity contribution is 0.0996. The van der Waals surface area contributed by atoms with Crippen molar-refractivity contribution in [2.75, 3.05) is 5.73 Å². The van der Waals surface area contributed by atoms with Gasteiger partial charge in [0.05, 0.1) is 5.01 Å². The molecule has 5 nitrogen and oxygen atoms in total. The second-order valence-corrected chi connectivity index (χ2v) is 7.03. The molecule has 1 aromatic carbocycles. The number of pyridine rings is 1. The van der Waals surface area contributed by atoms with Crippen LogP contribution in [0.15, 0.2) is 35.7 Å². The molecule has 0 aliphatic carbocycles. The summed E-state index contributed by atoms with van der Waals surface area (Å²) in [4.78, 5) is 19.8. The fourth-order valence-corrected chi connectivity index (χ4v) is 3.71. The van der Waals surface area contributed by atoms with Crippen LogP contribution in [0.4, 0.5) is 5.82 Å². The summed E-state index contributed by atoms with van der Waals surface area (Å²) in [7, 11) is 0. The van der Waals surface area contributed by atoms with Crippen LogP contribution < -0.4 is 11.5 Å². The highest BCUT2D eigenvalue weighted by molar-refractivity contribution is 7.09. The molecule has 128 valence electrons. The lowest BCUT2D eigenvalue weighted by atomic mass is 9.97. The van der Waals surface area contributed by atoms with Crippen LogP contribution in [-0.4, -0.2) is 15.9 Å². The molecule has 2 aromatic heterocycles. The molecule has 25 heavy (non-hydrogen) atoms. The molecule has 1 amide bonds. The molecule has 0 saturated carbocycles. The lowest BCUT2D eigenvalue weighted by Crippen LogP contribution is -2.11. The van der Waals surface area contributed by atoms with Crippen molar-refractivity contribution in [3.05, 3.63) is 74.4 Å². The number of benzene rings is 1. The van der Waals surface area contributed by atoms with Gasteiger partial charge < -0.3 is 11.5 Å². The first-order chi connectivity index (χ1) is 11.9. The third-order valence-corrected chi connectivity index (χ3v) is 4.95. The van der Waals surface area contributed by atoms with Gasteiger partial charge in [-0.2, -0.15) is 0 Å². The predicted octanol–water partition coefficient (Wildman–Crippen LogP) is 3.02. The summed E-state index contributed by atoms with van der Waals surface area (Å²) in [5.74, 6) is 0.0691. The van der Waals surface area contributed by atoms with Crippen LogP contribution in [0.3, 0.4) is 0 Å². The second-order valence-electron chi connectivity index (χ2n) is 6.09. The highest BCUT2D eigenvalue weighted by atomic mass is 32.1. The standard InChI is InChI=1S/C19H20N4OS/c1-11-6-17(20)22-12(2)15(11)8-13-4-3-5-14(7-13)9-18-23-16(10-25-18)19(21)24/h3-7,10H,8-9H2,1-2H3,(H2,20,22)(H2,21,24). The van der Waals surface area contributed by atoms with Gasteiger partial charge >= 0.3 is 0 Å². The number of amides is 1. The molecule has 0 fully saturated rings. The van der Waals surface area contributed by atoms with Crippen LogP contribution in [0.2, 0.25) is 0 Å². The van der Waals surface area contributed by atoms with E-state index in [2.05, 4.69) is 35.1 Å². The predicted molar refractivity (Wildman–Crippen MR) is 101 cm³/mol. The number of hydrogen-bond donors (Lipinski definition) is 2. The molecule has 0 atom stereocenters. The minimum Gasteiger partial charge on any atom is -0.384 e. The molecule has 0 aliphatic heterocycles. The van der Waals surface area contributed by atoms with Crippen molar-refractivity contribution in [1.82, 2.24) is 9.97 Å². The molecule has 0 radical (unpaired) electrons. The van der Waals surface area contributed by atoms with E-state index in [9.17, 15) is 4.79 Å². The van der Waals surface area contributed by atoms with Crippen LogP contribution in [0.25, 0.3) is 0 Å². The van der Waals surface area contributed by atoms with Gasteiger partial charge in [0.2, 0.25) is 0 Å². The molecule has 6 heteroatoms. The van der Waals surface area contributed by atoms with Crippen molar-refractivity contribution >= 4 is 23.1 Å². The first-order valence-electron chi connectivity index (χ1n) is 7.97. The molecule has 0 saturated heterocycles. The molecule has 0 spiro atoms. The number of hydrogen-bond acceptors (Lipinski definition) is 5. The quantitative estimate of drug-likeness (QED) is 0.738. The highest BCUT2D eigenvalue weighted by Gasteiger charge is 2.10. The van der Waals surface area contributed by atoms with Crippen molar-refractivity contribution < 1.29 is 4.79 Å².